The number of nitrogens with one attached hydrogen (secondary N) is 1. The standard InChI is InChI=1S/C14H20ClFN2/c1-18-7-3-2-4-13(18)10-17-9-11-5-6-12(16)8-14(11)15/h5-6,8,13,17H,2-4,7,9-10H2,1H3. The van der Waals surface area contributed by atoms with Crippen molar-refractivity contribution in [3.05, 3.63) is 34.6 Å². The molecule has 4 heteroatoms. The molecule has 1 unspecified atom stereocenters. The van der Waals surface area contributed by atoms with E-state index in [9.17, 15) is 4.39 Å². The van der Waals surface area contributed by atoms with Gasteiger partial charge in [-0.1, -0.05) is 24.1 Å². The van der Waals surface area contributed by atoms with Gasteiger partial charge in [0.25, 0.3) is 0 Å². The Balaban J connectivity index is 1.81. The summed E-state index contributed by atoms with van der Waals surface area (Å²) < 4.78 is 12.9. The minimum atomic E-state index is -0.282. The van der Waals surface area contributed by atoms with Gasteiger partial charge in [0, 0.05) is 24.2 Å². The van der Waals surface area contributed by atoms with Gasteiger partial charge in [-0.05, 0) is 44.1 Å². The fourth-order valence-corrected chi connectivity index (χ4v) is 2.67. The predicted octanol–water partition coefficient (Wildman–Crippen LogP) is 3.05. The van der Waals surface area contributed by atoms with Crippen molar-refractivity contribution in [2.45, 2.75) is 31.8 Å². The molecule has 100 valence electrons. The summed E-state index contributed by atoms with van der Waals surface area (Å²) in [6.07, 6.45) is 3.87. The fourth-order valence-electron chi connectivity index (χ4n) is 2.44. The summed E-state index contributed by atoms with van der Waals surface area (Å²) in [6.45, 7) is 2.84. The van der Waals surface area contributed by atoms with Gasteiger partial charge < -0.3 is 10.2 Å². The van der Waals surface area contributed by atoms with Gasteiger partial charge >= 0.3 is 0 Å². The zero-order valence-electron chi connectivity index (χ0n) is 10.8. The Morgan fingerprint density at radius 3 is 3.00 bits per heavy atom. The topological polar surface area (TPSA) is 15.3 Å². The molecule has 1 aliphatic rings. The largest absolute Gasteiger partial charge is 0.311 e. The summed E-state index contributed by atoms with van der Waals surface area (Å²) in [6, 6.07) is 5.17. The average Bonchev–Trinajstić information content (AvgIpc) is 2.34. The normalized spacial score (nSPS) is 21.2. The quantitative estimate of drug-likeness (QED) is 0.905. The highest BCUT2D eigenvalue weighted by Gasteiger charge is 2.18. The lowest BCUT2D eigenvalue weighted by Crippen LogP contribution is -2.42. The second-order valence-electron chi connectivity index (χ2n) is 5.00. The van der Waals surface area contributed by atoms with Crippen LogP contribution >= 0.6 is 11.6 Å². The molecule has 0 amide bonds. The highest BCUT2D eigenvalue weighted by molar-refractivity contribution is 6.31. The molecule has 0 saturated carbocycles. The highest BCUT2D eigenvalue weighted by atomic mass is 35.5. The maximum Gasteiger partial charge on any atom is 0.124 e. The maximum atomic E-state index is 12.9. The Labute approximate surface area is 113 Å². The van der Waals surface area contributed by atoms with Crippen molar-refractivity contribution in [2.75, 3.05) is 20.1 Å². The molecule has 0 spiro atoms. The Bertz CT molecular complexity index is 397. The second-order valence-corrected chi connectivity index (χ2v) is 5.40. The van der Waals surface area contributed by atoms with E-state index in [0.29, 0.717) is 17.6 Å². The fraction of sp³-hybridized carbons (Fsp3) is 0.571. The lowest BCUT2D eigenvalue weighted by Gasteiger charge is -2.32. The number of hydrogen-bond donors (Lipinski definition) is 1. The van der Waals surface area contributed by atoms with Crippen molar-refractivity contribution in [2.24, 2.45) is 0 Å². The molecule has 1 atom stereocenters. The van der Waals surface area contributed by atoms with Crippen molar-refractivity contribution >= 4 is 11.6 Å². The lowest BCUT2D eigenvalue weighted by atomic mass is 10.0. The first kappa shape index (κ1) is 13.8. The van der Waals surface area contributed by atoms with Crippen LogP contribution in [0, 0.1) is 5.82 Å². The average molecular weight is 271 g/mol. The zero-order chi connectivity index (χ0) is 13.0. The van der Waals surface area contributed by atoms with E-state index in [0.717, 1.165) is 12.1 Å². The van der Waals surface area contributed by atoms with Gasteiger partial charge in [0.1, 0.15) is 5.82 Å². The van der Waals surface area contributed by atoms with E-state index in [2.05, 4.69) is 17.3 Å². The molecule has 0 aliphatic carbocycles. The molecular weight excluding hydrogens is 251 g/mol. The Morgan fingerprint density at radius 2 is 2.28 bits per heavy atom. The SMILES string of the molecule is CN1CCCCC1CNCc1ccc(F)cc1Cl. The molecule has 1 saturated heterocycles. The number of piperidine rings is 1. The van der Waals surface area contributed by atoms with Crippen LogP contribution in [-0.2, 0) is 6.54 Å². The summed E-state index contributed by atoms with van der Waals surface area (Å²) in [7, 11) is 2.18. The third-order valence-corrected chi connectivity index (χ3v) is 3.98. The van der Waals surface area contributed by atoms with Gasteiger partial charge in [0.05, 0.1) is 0 Å². The third kappa shape index (κ3) is 3.67. The molecule has 1 aliphatic heterocycles. The summed E-state index contributed by atoms with van der Waals surface area (Å²) in [4.78, 5) is 2.41. The van der Waals surface area contributed by atoms with E-state index in [1.807, 2.05) is 0 Å². The van der Waals surface area contributed by atoms with Crippen LogP contribution in [0.4, 0.5) is 4.39 Å². The number of halogens is 2. The molecule has 0 aromatic heterocycles. The summed E-state index contributed by atoms with van der Waals surface area (Å²) in [5, 5.41) is 3.91. The molecule has 18 heavy (non-hydrogen) atoms. The maximum absolute atomic E-state index is 12.9. The molecule has 1 fully saturated rings. The van der Waals surface area contributed by atoms with Crippen LogP contribution in [0.25, 0.3) is 0 Å². The van der Waals surface area contributed by atoms with Crippen molar-refractivity contribution < 1.29 is 4.39 Å². The van der Waals surface area contributed by atoms with Gasteiger partial charge in [0.15, 0.2) is 0 Å². The van der Waals surface area contributed by atoms with Gasteiger partial charge in [-0.2, -0.15) is 0 Å². The molecular formula is C14H20ClFN2. The Hall–Kier alpha value is -0.640. The second kappa shape index (κ2) is 6.50. The van der Waals surface area contributed by atoms with Gasteiger partial charge in [-0.15, -0.1) is 0 Å². The van der Waals surface area contributed by atoms with E-state index in [-0.39, 0.29) is 5.82 Å². The summed E-state index contributed by atoms with van der Waals surface area (Å²) >= 11 is 5.99. The number of hydrogen-bond acceptors (Lipinski definition) is 2. The summed E-state index contributed by atoms with van der Waals surface area (Å²) in [5.41, 5.74) is 0.955. The predicted molar refractivity (Wildman–Crippen MR) is 73.4 cm³/mol. The van der Waals surface area contributed by atoms with Crippen LogP contribution in [0.1, 0.15) is 24.8 Å². The minimum absolute atomic E-state index is 0.282. The Kier molecular flexibility index (Phi) is 4.98. The molecule has 1 N–H and O–H groups in total. The van der Waals surface area contributed by atoms with Crippen molar-refractivity contribution in [3.8, 4) is 0 Å². The first-order valence-electron chi connectivity index (χ1n) is 6.51. The first-order valence-corrected chi connectivity index (χ1v) is 6.89. The van der Waals surface area contributed by atoms with E-state index in [1.54, 1.807) is 6.07 Å². The number of rotatable bonds is 4. The summed E-state index contributed by atoms with van der Waals surface area (Å²) in [5.74, 6) is -0.282. The van der Waals surface area contributed by atoms with Gasteiger partial charge in [0.2, 0.25) is 0 Å². The molecule has 0 bridgehead atoms. The van der Waals surface area contributed by atoms with Crippen molar-refractivity contribution in [3.63, 3.8) is 0 Å². The molecule has 0 radical (unpaired) electrons. The lowest BCUT2D eigenvalue weighted by molar-refractivity contribution is 0.181. The van der Waals surface area contributed by atoms with Crippen LogP contribution in [0.5, 0.6) is 0 Å². The Morgan fingerprint density at radius 1 is 1.44 bits per heavy atom. The van der Waals surface area contributed by atoms with E-state index in [4.69, 9.17) is 11.6 Å². The number of likely N-dealkylation sites (tertiary alicyclic amines) is 1. The third-order valence-electron chi connectivity index (χ3n) is 3.63. The highest BCUT2D eigenvalue weighted by Crippen LogP contribution is 2.18. The van der Waals surface area contributed by atoms with Crippen LogP contribution in [-0.4, -0.2) is 31.1 Å². The number of likely N-dealkylation sites (N-methyl/N-ethyl adjacent to an activating group) is 1. The van der Waals surface area contributed by atoms with Gasteiger partial charge in [-0.3, -0.25) is 0 Å². The zero-order valence-corrected chi connectivity index (χ0v) is 11.5. The van der Waals surface area contributed by atoms with Crippen molar-refractivity contribution in [1.29, 1.82) is 0 Å². The van der Waals surface area contributed by atoms with Crippen molar-refractivity contribution in [1.82, 2.24) is 10.2 Å². The molecule has 1 aromatic carbocycles. The minimum Gasteiger partial charge on any atom is -0.311 e. The monoisotopic (exact) mass is 270 g/mol. The van der Waals surface area contributed by atoms with Crippen LogP contribution in [0.2, 0.25) is 5.02 Å². The number of benzene rings is 1. The van der Waals surface area contributed by atoms with E-state index < -0.39 is 0 Å². The smallest absolute Gasteiger partial charge is 0.124 e. The van der Waals surface area contributed by atoms with E-state index in [1.165, 1.54) is 37.9 Å². The van der Waals surface area contributed by atoms with Crippen LogP contribution in [0.15, 0.2) is 18.2 Å². The van der Waals surface area contributed by atoms with Crippen LogP contribution in [0.3, 0.4) is 0 Å². The van der Waals surface area contributed by atoms with E-state index >= 15 is 0 Å². The first-order chi connectivity index (χ1) is 8.66. The van der Waals surface area contributed by atoms with Crippen LogP contribution < -0.4 is 5.32 Å². The number of nitrogens with zero attached hydrogens (tertiary/aromatic N) is 1. The molecule has 2 rings (SSSR count). The molecule has 1 aromatic rings. The molecule has 1 heterocycles. The molecule has 2 nitrogen and oxygen atoms in total. The van der Waals surface area contributed by atoms with Gasteiger partial charge in [-0.25, -0.2) is 4.39 Å².